The average molecular weight is 290 g/mol. The molecule has 0 N–H and O–H groups in total. The van der Waals surface area contributed by atoms with Crippen LogP contribution in [0.2, 0.25) is 0 Å². The van der Waals surface area contributed by atoms with Gasteiger partial charge >= 0.3 is 0 Å². The Morgan fingerprint density at radius 2 is 1.29 bits per heavy atom. The highest BCUT2D eigenvalue weighted by molar-refractivity contribution is 9.07. The molecule has 0 aromatic heterocycles. The highest BCUT2D eigenvalue weighted by Crippen LogP contribution is 2.10. The summed E-state index contributed by atoms with van der Waals surface area (Å²) in [5.41, 5.74) is 2.71. The lowest BCUT2D eigenvalue weighted by atomic mass is 10.1. The first kappa shape index (κ1) is 12.3. The molecule has 0 aliphatic heterocycles. The van der Waals surface area contributed by atoms with Gasteiger partial charge in [0.15, 0.2) is 0 Å². The third-order valence-corrected chi connectivity index (χ3v) is 3.29. The smallest absolute Gasteiger partial charge is 0.0343 e. The van der Waals surface area contributed by atoms with Gasteiger partial charge in [0.2, 0.25) is 0 Å². The topological polar surface area (TPSA) is 3.24 Å². The van der Waals surface area contributed by atoms with Crippen molar-refractivity contribution in [2.75, 3.05) is 6.54 Å². The van der Waals surface area contributed by atoms with Gasteiger partial charge in [-0.2, -0.15) is 0 Å². The van der Waals surface area contributed by atoms with E-state index in [4.69, 9.17) is 0 Å². The molecule has 0 saturated heterocycles. The van der Waals surface area contributed by atoms with E-state index in [-0.39, 0.29) is 0 Å². The van der Waals surface area contributed by atoms with Gasteiger partial charge in [0, 0.05) is 29.2 Å². The molecule has 2 heteroatoms. The lowest BCUT2D eigenvalue weighted by Crippen LogP contribution is -2.14. The van der Waals surface area contributed by atoms with Gasteiger partial charge in [-0.1, -0.05) is 60.7 Å². The summed E-state index contributed by atoms with van der Waals surface area (Å²) in [4.78, 5) is 0. The largest absolute Gasteiger partial charge is 0.238 e. The van der Waals surface area contributed by atoms with E-state index in [2.05, 4.69) is 74.7 Å². The van der Waals surface area contributed by atoms with Crippen LogP contribution in [0.25, 0.3) is 0 Å². The maximum absolute atomic E-state index is 3.61. The number of benzene rings is 2. The van der Waals surface area contributed by atoms with E-state index in [1.54, 1.807) is 0 Å². The fourth-order valence-electron chi connectivity index (χ4n) is 1.76. The van der Waals surface area contributed by atoms with Crippen molar-refractivity contribution < 1.29 is 0 Å². The number of hydrogen-bond donors (Lipinski definition) is 0. The van der Waals surface area contributed by atoms with Crippen molar-refractivity contribution in [3.63, 3.8) is 0 Å². The molecule has 0 unspecified atom stereocenters. The van der Waals surface area contributed by atoms with Gasteiger partial charge in [-0.3, -0.25) is 0 Å². The van der Waals surface area contributed by atoms with Crippen LogP contribution in [0.1, 0.15) is 11.1 Å². The summed E-state index contributed by atoms with van der Waals surface area (Å²) >= 11 is 3.61. The molecule has 0 heterocycles. The Bertz CT molecular complexity index is 427. The van der Waals surface area contributed by atoms with Crippen LogP contribution in [0, 0.1) is 0 Å². The Morgan fingerprint density at radius 1 is 0.765 bits per heavy atom. The van der Waals surface area contributed by atoms with Crippen molar-refractivity contribution in [1.29, 1.82) is 0 Å². The van der Waals surface area contributed by atoms with Crippen LogP contribution < -0.4 is 0 Å². The fourth-order valence-corrected chi connectivity index (χ4v) is 2.22. The molecule has 0 radical (unpaired) electrons. The van der Waals surface area contributed by atoms with E-state index >= 15 is 0 Å². The normalized spacial score (nSPS) is 10.7. The van der Waals surface area contributed by atoms with Gasteiger partial charge in [0.1, 0.15) is 0 Å². The molecule has 2 rings (SSSR count). The minimum Gasteiger partial charge on any atom is -0.238 e. The molecule has 0 aliphatic carbocycles. The van der Waals surface area contributed by atoms with Crippen molar-refractivity contribution in [2.24, 2.45) is 0 Å². The third kappa shape index (κ3) is 4.33. The zero-order valence-electron chi connectivity index (χ0n) is 9.72. The van der Waals surface area contributed by atoms with Crippen LogP contribution in [0.15, 0.2) is 60.7 Å². The molecule has 0 fully saturated rings. The lowest BCUT2D eigenvalue weighted by molar-refractivity contribution is 0.488. The highest BCUT2D eigenvalue weighted by atomic mass is 79.9. The van der Waals surface area contributed by atoms with E-state index in [0.717, 1.165) is 19.5 Å². The Hall–Kier alpha value is -1.12. The molecule has 17 heavy (non-hydrogen) atoms. The minimum atomic E-state index is 0.938. The summed E-state index contributed by atoms with van der Waals surface area (Å²) in [6.07, 6.45) is 1.07. The van der Waals surface area contributed by atoms with E-state index in [9.17, 15) is 0 Å². The maximum atomic E-state index is 3.61. The Labute approximate surface area is 111 Å². The van der Waals surface area contributed by atoms with Gasteiger partial charge in [0.05, 0.1) is 0 Å². The number of hydrogen-bond acceptors (Lipinski definition) is 1. The first-order valence-corrected chi connectivity index (χ1v) is 6.54. The van der Waals surface area contributed by atoms with E-state index in [1.807, 2.05) is 6.07 Å². The van der Waals surface area contributed by atoms with Crippen LogP contribution >= 0.6 is 16.1 Å². The van der Waals surface area contributed by atoms with Crippen molar-refractivity contribution in [3.8, 4) is 0 Å². The average Bonchev–Trinajstić information content (AvgIpc) is 2.39. The zero-order valence-corrected chi connectivity index (χ0v) is 11.3. The molecule has 0 amide bonds. The minimum absolute atomic E-state index is 0.938. The second-order valence-electron chi connectivity index (χ2n) is 4.07. The molecule has 2 aromatic carbocycles. The number of rotatable bonds is 5. The Kier molecular flexibility index (Phi) is 4.77. The first-order chi connectivity index (χ1) is 8.34. The second kappa shape index (κ2) is 6.58. The number of nitrogens with zero attached hydrogens (tertiary/aromatic N) is 1. The number of halogens is 1. The van der Waals surface area contributed by atoms with Gasteiger partial charge in [-0.05, 0) is 17.5 Å². The summed E-state index contributed by atoms with van der Waals surface area (Å²) in [6.45, 7) is 1.95. The lowest BCUT2D eigenvalue weighted by Gasteiger charge is -2.14. The molecular weight excluding hydrogens is 274 g/mol. The Balaban J connectivity index is 1.80. The third-order valence-electron chi connectivity index (χ3n) is 2.68. The maximum Gasteiger partial charge on any atom is 0.0343 e. The van der Waals surface area contributed by atoms with E-state index in [0.29, 0.717) is 0 Å². The Morgan fingerprint density at radius 3 is 1.88 bits per heavy atom. The van der Waals surface area contributed by atoms with Gasteiger partial charge in [-0.25, -0.2) is 3.93 Å². The molecule has 0 atom stereocenters. The predicted octanol–water partition coefficient (Wildman–Crippen LogP) is 4.04. The predicted molar refractivity (Wildman–Crippen MR) is 75.9 cm³/mol. The van der Waals surface area contributed by atoms with Crippen molar-refractivity contribution in [3.05, 3.63) is 71.8 Å². The van der Waals surface area contributed by atoms with Crippen LogP contribution in [0.3, 0.4) is 0 Å². The summed E-state index contributed by atoms with van der Waals surface area (Å²) in [5, 5.41) is 0. The quantitative estimate of drug-likeness (QED) is 0.751. The van der Waals surface area contributed by atoms with Gasteiger partial charge in [0.25, 0.3) is 0 Å². The zero-order chi connectivity index (χ0) is 11.9. The van der Waals surface area contributed by atoms with Crippen molar-refractivity contribution >= 4 is 16.1 Å². The molecular formula is C15H16BrN. The summed E-state index contributed by atoms with van der Waals surface area (Å²) < 4.78 is 2.18. The molecule has 1 nitrogen and oxygen atoms in total. The van der Waals surface area contributed by atoms with Crippen molar-refractivity contribution in [1.82, 2.24) is 3.93 Å². The molecule has 88 valence electrons. The summed E-state index contributed by atoms with van der Waals surface area (Å²) in [7, 11) is 0. The summed E-state index contributed by atoms with van der Waals surface area (Å²) in [5.74, 6) is 0. The molecule has 0 saturated carbocycles. The van der Waals surface area contributed by atoms with Gasteiger partial charge < -0.3 is 0 Å². The van der Waals surface area contributed by atoms with Crippen LogP contribution in [-0.2, 0) is 13.0 Å². The van der Waals surface area contributed by atoms with Crippen LogP contribution in [0.5, 0.6) is 0 Å². The standard InChI is InChI=1S/C15H16BrN/c16-17(13-15-9-5-2-6-10-15)12-11-14-7-3-1-4-8-14/h1-10H,11-13H2. The SMILES string of the molecule is BrN(CCc1ccccc1)Cc1ccccc1. The van der Waals surface area contributed by atoms with Crippen LogP contribution in [-0.4, -0.2) is 10.5 Å². The fraction of sp³-hybridized carbons (Fsp3) is 0.200. The molecule has 0 bridgehead atoms. The van der Waals surface area contributed by atoms with Crippen molar-refractivity contribution in [2.45, 2.75) is 13.0 Å². The summed E-state index contributed by atoms with van der Waals surface area (Å²) in [6, 6.07) is 21.1. The van der Waals surface area contributed by atoms with Gasteiger partial charge in [-0.15, -0.1) is 0 Å². The molecule has 2 aromatic rings. The molecule has 0 aliphatic rings. The highest BCUT2D eigenvalue weighted by Gasteiger charge is 2.01. The van der Waals surface area contributed by atoms with Crippen LogP contribution in [0.4, 0.5) is 0 Å². The molecule has 0 spiro atoms. The second-order valence-corrected chi connectivity index (χ2v) is 5.07. The monoisotopic (exact) mass is 289 g/mol. The van der Waals surface area contributed by atoms with E-state index in [1.165, 1.54) is 11.1 Å². The first-order valence-electron chi connectivity index (χ1n) is 5.83. The van der Waals surface area contributed by atoms with E-state index < -0.39 is 0 Å².